The number of aliphatic imine (C=N–C) groups is 1. The predicted octanol–water partition coefficient (Wildman–Crippen LogP) is 6.29. The van der Waals surface area contributed by atoms with Gasteiger partial charge in [0.1, 0.15) is 11.6 Å². The fourth-order valence-corrected chi connectivity index (χ4v) is 4.50. The van der Waals surface area contributed by atoms with Crippen LogP contribution in [-0.4, -0.2) is 34.7 Å². The first-order valence-corrected chi connectivity index (χ1v) is 11.0. The van der Waals surface area contributed by atoms with Crippen LogP contribution in [0.1, 0.15) is 42.7 Å². The Balaban J connectivity index is 1.77. The van der Waals surface area contributed by atoms with E-state index in [1.807, 2.05) is 6.92 Å². The molecule has 4 nitrogen and oxygen atoms in total. The summed E-state index contributed by atoms with van der Waals surface area (Å²) in [4.78, 5) is 8.53. The van der Waals surface area contributed by atoms with E-state index in [0.717, 1.165) is 5.69 Å². The number of rotatable bonds is 5. The van der Waals surface area contributed by atoms with Gasteiger partial charge in [-0.15, -0.1) is 0 Å². The topological polar surface area (TPSA) is 54.7 Å². The SMILES string of the molecule is Cc1ccc2c(/N=C/C(O)(CC(C)(C)c3cc(F)cc4c3OCC4)C(F)(F)F)c(C)ccc2n1. The number of halogens is 4. The Bertz CT molecular complexity index is 1280. The zero-order valence-electron chi connectivity index (χ0n) is 19.4. The third-order valence-electron chi connectivity index (χ3n) is 6.27. The van der Waals surface area contributed by atoms with Crippen LogP contribution in [0, 0.1) is 19.7 Å². The summed E-state index contributed by atoms with van der Waals surface area (Å²) >= 11 is 0. The van der Waals surface area contributed by atoms with Crippen molar-refractivity contribution in [2.45, 2.75) is 57.7 Å². The van der Waals surface area contributed by atoms with Gasteiger partial charge >= 0.3 is 6.18 Å². The van der Waals surface area contributed by atoms with Crippen molar-refractivity contribution in [3.8, 4) is 5.75 Å². The van der Waals surface area contributed by atoms with Crippen molar-refractivity contribution in [3.05, 3.63) is 64.6 Å². The van der Waals surface area contributed by atoms with Crippen LogP contribution in [-0.2, 0) is 11.8 Å². The molecule has 0 aliphatic carbocycles. The Morgan fingerprint density at radius 2 is 1.85 bits per heavy atom. The van der Waals surface area contributed by atoms with Gasteiger partial charge < -0.3 is 9.84 Å². The van der Waals surface area contributed by atoms with Crippen LogP contribution in [0.2, 0.25) is 0 Å². The molecule has 8 heteroatoms. The van der Waals surface area contributed by atoms with Gasteiger partial charge in [0, 0.05) is 34.8 Å². The average molecular weight is 474 g/mol. The van der Waals surface area contributed by atoms with Crippen molar-refractivity contribution < 1.29 is 27.4 Å². The molecule has 0 saturated carbocycles. The molecular weight excluding hydrogens is 448 g/mol. The summed E-state index contributed by atoms with van der Waals surface area (Å²) in [6.07, 6.45) is -4.75. The molecule has 1 N–H and O–H groups in total. The molecule has 0 spiro atoms. The van der Waals surface area contributed by atoms with Gasteiger partial charge in [-0.3, -0.25) is 9.98 Å². The van der Waals surface area contributed by atoms with Gasteiger partial charge in [-0.25, -0.2) is 4.39 Å². The lowest BCUT2D eigenvalue weighted by Crippen LogP contribution is -2.50. The lowest BCUT2D eigenvalue weighted by atomic mass is 9.74. The van der Waals surface area contributed by atoms with E-state index in [4.69, 9.17) is 4.74 Å². The summed E-state index contributed by atoms with van der Waals surface area (Å²) in [7, 11) is 0. The zero-order valence-corrected chi connectivity index (χ0v) is 19.4. The third kappa shape index (κ3) is 4.39. The van der Waals surface area contributed by atoms with Crippen LogP contribution >= 0.6 is 0 Å². The second-order valence-electron chi connectivity index (χ2n) is 9.53. The number of pyridine rings is 1. The van der Waals surface area contributed by atoms with Crippen LogP contribution in [0.5, 0.6) is 5.75 Å². The molecule has 1 aromatic heterocycles. The average Bonchev–Trinajstić information content (AvgIpc) is 3.19. The minimum absolute atomic E-state index is 0.289. The van der Waals surface area contributed by atoms with Crippen LogP contribution in [0.15, 0.2) is 41.4 Å². The highest BCUT2D eigenvalue weighted by Crippen LogP contribution is 2.45. The lowest BCUT2D eigenvalue weighted by molar-refractivity contribution is -0.234. The molecule has 0 amide bonds. The maximum absolute atomic E-state index is 14.2. The molecule has 2 heterocycles. The fourth-order valence-electron chi connectivity index (χ4n) is 4.50. The third-order valence-corrected chi connectivity index (χ3v) is 6.27. The zero-order chi connectivity index (χ0) is 24.9. The van der Waals surface area contributed by atoms with E-state index in [9.17, 15) is 22.7 Å². The van der Waals surface area contributed by atoms with E-state index < -0.39 is 29.4 Å². The molecule has 34 heavy (non-hydrogen) atoms. The van der Waals surface area contributed by atoms with E-state index in [-0.39, 0.29) is 5.56 Å². The maximum Gasteiger partial charge on any atom is 0.422 e. The second kappa shape index (κ2) is 8.34. The number of fused-ring (bicyclic) bond motifs is 2. The van der Waals surface area contributed by atoms with Gasteiger partial charge in [0.25, 0.3) is 0 Å². The van der Waals surface area contributed by atoms with E-state index in [2.05, 4.69) is 9.98 Å². The number of benzene rings is 2. The van der Waals surface area contributed by atoms with Crippen molar-refractivity contribution in [1.29, 1.82) is 0 Å². The molecule has 3 aromatic rings. The first-order valence-electron chi connectivity index (χ1n) is 11.0. The lowest BCUT2D eigenvalue weighted by Gasteiger charge is -2.36. The van der Waals surface area contributed by atoms with E-state index in [1.54, 1.807) is 31.2 Å². The number of hydrogen-bond acceptors (Lipinski definition) is 4. The molecule has 4 rings (SSSR count). The molecule has 1 atom stereocenters. The molecule has 2 aromatic carbocycles. The molecular formula is C26H26F4N2O2. The Morgan fingerprint density at radius 3 is 2.56 bits per heavy atom. The molecule has 0 saturated heterocycles. The van der Waals surface area contributed by atoms with Crippen molar-refractivity contribution in [2.24, 2.45) is 4.99 Å². The van der Waals surface area contributed by atoms with Gasteiger partial charge in [0.2, 0.25) is 0 Å². The van der Waals surface area contributed by atoms with E-state index >= 15 is 0 Å². The minimum atomic E-state index is -5.02. The van der Waals surface area contributed by atoms with Crippen LogP contribution < -0.4 is 4.74 Å². The number of aliphatic hydroxyl groups is 1. The Labute approximate surface area is 195 Å². The van der Waals surface area contributed by atoms with Gasteiger partial charge in [0.05, 0.1) is 17.8 Å². The summed E-state index contributed by atoms with van der Waals surface area (Å²) in [5, 5.41) is 11.5. The quantitative estimate of drug-likeness (QED) is 0.349. The van der Waals surface area contributed by atoms with Crippen LogP contribution in [0.3, 0.4) is 0 Å². The summed E-state index contributed by atoms with van der Waals surface area (Å²) < 4.78 is 62.5. The number of nitrogens with zero attached hydrogens (tertiary/aromatic N) is 2. The highest BCUT2D eigenvalue weighted by atomic mass is 19.4. The molecule has 1 aliphatic rings. The van der Waals surface area contributed by atoms with Gasteiger partial charge in [0.15, 0.2) is 5.60 Å². The number of alkyl halides is 3. The van der Waals surface area contributed by atoms with Crippen LogP contribution in [0.4, 0.5) is 23.2 Å². The van der Waals surface area contributed by atoms with Crippen molar-refractivity contribution in [2.75, 3.05) is 6.61 Å². The molecule has 1 aliphatic heterocycles. The van der Waals surface area contributed by atoms with Gasteiger partial charge in [-0.1, -0.05) is 19.9 Å². The van der Waals surface area contributed by atoms with E-state index in [0.29, 0.717) is 52.7 Å². The predicted molar refractivity (Wildman–Crippen MR) is 124 cm³/mol. The largest absolute Gasteiger partial charge is 0.493 e. The second-order valence-corrected chi connectivity index (χ2v) is 9.53. The Morgan fingerprint density at radius 1 is 1.12 bits per heavy atom. The molecule has 0 fully saturated rings. The smallest absolute Gasteiger partial charge is 0.422 e. The molecule has 1 unspecified atom stereocenters. The number of aromatic nitrogens is 1. The van der Waals surface area contributed by atoms with Crippen LogP contribution in [0.25, 0.3) is 10.9 Å². The Kier molecular flexibility index (Phi) is 5.92. The van der Waals surface area contributed by atoms with E-state index in [1.165, 1.54) is 26.0 Å². The van der Waals surface area contributed by atoms with Gasteiger partial charge in [-0.05, 0) is 61.6 Å². The standard InChI is InChI=1S/C26H26F4N2O2/c1-15-5-8-21-19(7-6-16(2)32-21)22(15)31-14-25(33,26(28,29)30)13-24(3,4)20-12-18(27)11-17-9-10-34-23(17)20/h5-8,11-12,14,33H,9-10,13H2,1-4H3/b31-14+. The molecule has 0 bridgehead atoms. The van der Waals surface area contributed by atoms with Crippen molar-refractivity contribution >= 4 is 22.8 Å². The summed E-state index contributed by atoms with van der Waals surface area (Å²) in [6.45, 7) is 6.95. The first-order chi connectivity index (χ1) is 15.8. The fraction of sp³-hybridized carbons (Fsp3) is 0.385. The highest BCUT2D eigenvalue weighted by Gasteiger charge is 2.55. The van der Waals surface area contributed by atoms with Crippen molar-refractivity contribution in [3.63, 3.8) is 0 Å². The number of hydrogen-bond donors (Lipinski definition) is 1. The molecule has 0 radical (unpaired) electrons. The normalized spacial score (nSPS) is 16.0. The monoisotopic (exact) mass is 474 g/mol. The number of ether oxygens (including phenoxy) is 1. The van der Waals surface area contributed by atoms with Gasteiger partial charge in [-0.2, -0.15) is 13.2 Å². The summed E-state index contributed by atoms with van der Waals surface area (Å²) in [5.74, 6) is -0.162. The highest BCUT2D eigenvalue weighted by molar-refractivity contribution is 5.93. The summed E-state index contributed by atoms with van der Waals surface area (Å²) in [5.41, 5.74) is -1.32. The summed E-state index contributed by atoms with van der Waals surface area (Å²) in [6, 6.07) is 9.52. The maximum atomic E-state index is 14.2. The number of aryl methyl sites for hydroxylation is 2. The first kappa shape index (κ1) is 24.1. The molecule has 180 valence electrons. The minimum Gasteiger partial charge on any atom is -0.493 e. The Hall–Kier alpha value is -3.00. The van der Waals surface area contributed by atoms with Crippen molar-refractivity contribution in [1.82, 2.24) is 4.98 Å².